The SMILES string of the molecule is CCOC(=O)[C@@]12CCCN(S(C)(=O)=O)C[C@@H]1CN(C(C)C)C2. The number of ether oxygens (including phenoxy) is 1. The number of carbonyl (C=O) groups excluding carboxylic acids is 1. The number of likely N-dealkylation sites (tertiary alicyclic amines) is 1. The third kappa shape index (κ3) is 3.31. The van der Waals surface area contributed by atoms with Gasteiger partial charge in [-0.15, -0.1) is 0 Å². The number of sulfonamides is 1. The lowest BCUT2D eigenvalue weighted by molar-refractivity contribution is -0.157. The second-order valence-corrected chi connectivity index (χ2v) is 8.80. The van der Waals surface area contributed by atoms with Crippen molar-refractivity contribution in [2.24, 2.45) is 11.3 Å². The molecule has 0 spiro atoms. The predicted octanol–water partition coefficient (Wildman–Crippen LogP) is 0.932. The fourth-order valence-corrected chi connectivity index (χ4v) is 4.65. The third-order valence-corrected chi connectivity index (χ3v) is 6.33. The summed E-state index contributed by atoms with van der Waals surface area (Å²) in [7, 11) is -3.23. The lowest BCUT2D eigenvalue weighted by Gasteiger charge is -2.31. The van der Waals surface area contributed by atoms with Gasteiger partial charge in [-0.05, 0) is 33.6 Å². The third-order valence-electron chi connectivity index (χ3n) is 5.06. The van der Waals surface area contributed by atoms with E-state index in [2.05, 4.69) is 18.7 Å². The second-order valence-electron chi connectivity index (χ2n) is 6.82. The van der Waals surface area contributed by atoms with Crippen molar-refractivity contribution in [3.05, 3.63) is 0 Å². The van der Waals surface area contributed by atoms with Crippen molar-refractivity contribution < 1.29 is 17.9 Å². The lowest BCUT2D eigenvalue weighted by Crippen LogP contribution is -2.43. The van der Waals surface area contributed by atoms with Gasteiger partial charge in [0.2, 0.25) is 10.0 Å². The average Bonchev–Trinajstić information content (AvgIpc) is 2.67. The monoisotopic (exact) mass is 332 g/mol. The molecule has 0 amide bonds. The summed E-state index contributed by atoms with van der Waals surface area (Å²) in [5.74, 6) is -0.148. The van der Waals surface area contributed by atoms with Gasteiger partial charge in [0.25, 0.3) is 0 Å². The first-order chi connectivity index (χ1) is 10.2. The summed E-state index contributed by atoms with van der Waals surface area (Å²) >= 11 is 0. The molecule has 2 fully saturated rings. The molecule has 0 unspecified atom stereocenters. The van der Waals surface area contributed by atoms with Crippen molar-refractivity contribution in [1.82, 2.24) is 9.21 Å². The molecule has 0 aromatic rings. The van der Waals surface area contributed by atoms with Crippen LogP contribution in [0, 0.1) is 11.3 Å². The highest BCUT2D eigenvalue weighted by Crippen LogP contribution is 2.44. The van der Waals surface area contributed by atoms with Crippen LogP contribution in [-0.2, 0) is 19.6 Å². The first-order valence-corrected chi connectivity index (χ1v) is 9.92. The summed E-state index contributed by atoms with van der Waals surface area (Å²) in [6, 6.07) is 0.338. The van der Waals surface area contributed by atoms with E-state index < -0.39 is 15.4 Å². The van der Waals surface area contributed by atoms with Crippen LogP contribution in [0.2, 0.25) is 0 Å². The minimum Gasteiger partial charge on any atom is -0.466 e. The fourth-order valence-electron chi connectivity index (χ4n) is 3.74. The summed E-state index contributed by atoms with van der Waals surface area (Å²) in [6.07, 6.45) is 2.65. The molecule has 2 rings (SSSR count). The van der Waals surface area contributed by atoms with Gasteiger partial charge in [-0.1, -0.05) is 0 Å². The Kier molecular flexibility index (Phi) is 5.19. The molecule has 22 heavy (non-hydrogen) atoms. The number of rotatable bonds is 4. The zero-order valence-electron chi connectivity index (χ0n) is 14.0. The first kappa shape index (κ1) is 17.7. The van der Waals surface area contributed by atoms with Gasteiger partial charge in [0.1, 0.15) is 0 Å². The number of hydrogen-bond donors (Lipinski definition) is 0. The van der Waals surface area contributed by atoms with Crippen LogP contribution in [0.1, 0.15) is 33.6 Å². The van der Waals surface area contributed by atoms with Crippen LogP contribution >= 0.6 is 0 Å². The highest BCUT2D eigenvalue weighted by atomic mass is 32.2. The molecule has 2 saturated heterocycles. The Morgan fingerprint density at radius 3 is 2.59 bits per heavy atom. The van der Waals surface area contributed by atoms with Gasteiger partial charge in [-0.2, -0.15) is 0 Å². The van der Waals surface area contributed by atoms with Crippen molar-refractivity contribution in [2.45, 2.75) is 39.7 Å². The molecule has 2 atom stereocenters. The minimum atomic E-state index is -3.23. The Bertz CT molecular complexity index is 520. The predicted molar refractivity (Wildman–Crippen MR) is 84.9 cm³/mol. The molecule has 0 radical (unpaired) electrons. The fraction of sp³-hybridized carbons (Fsp3) is 0.933. The van der Waals surface area contributed by atoms with Gasteiger partial charge in [0, 0.05) is 38.1 Å². The van der Waals surface area contributed by atoms with Gasteiger partial charge in [0.15, 0.2) is 0 Å². The number of hydrogen-bond acceptors (Lipinski definition) is 5. The van der Waals surface area contributed by atoms with E-state index in [0.29, 0.717) is 45.1 Å². The Balaban J connectivity index is 2.32. The van der Waals surface area contributed by atoms with Crippen LogP contribution in [0.4, 0.5) is 0 Å². The van der Waals surface area contributed by atoms with Crippen LogP contribution in [0.3, 0.4) is 0 Å². The smallest absolute Gasteiger partial charge is 0.313 e. The van der Waals surface area contributed by atoms with Crippen molar-refractivity contribution in [3.8, 4) is 0 Å². The van der Waals surface area contributed by atoms with E-state index in [1.807, 2.05) is 6.92 Å². The number of nitrogens with zero attached hydrogens (tertiary/aromatic N) is 2. The molecule has 0 aromatic heterocycles. The maximum absolute atomic E-state index is 12.7. The van der Waals surface area contributed by atoms with Crippen LogP contribution in [0.25, 0.3) is 0 Å². The summed E-state index contributed by atoms with van der Waals surface area (Å²) in [6.45, 7) is 8.74. The lowest BCUT2D eigenvalue weighted by atomic mass is 9.75. The molecule has 0 N–H and O–H groups in total. The highest BCUT2D eigenvalue weighted by Gasteiger charge is 2.55. The van der Waals surface area contributed by atoms with Crippen molar-refractivity contribution in [2.75, 3.05) is 39.0 Å². The van der Waals surface area contributed by atoms with Crippen LogP contribution in [0.15, 0.2) is 0 Å². The van der Waals surface area contributed by atoms with Gasteiger partial charge < -0.3 is 4.74 Å². The molecule has 6 nitrogen and oxygen atoms in total. The summed E-state index contributed by atoms with van der Waals surface area (Å²) in [5, 5.41) is 0. The van der Waals surface area contributed by atoms with Crippen LogP contribution in [-0.4, -0.2) is 68.7 Å². The largest absolute Gasteiger partial charge is 0.466 e. The van der Waals surface area contributed by atoms with Crippen molar-refractivity contribution >= 4 is 16.0 Å². The molecule has 2 aliphatic heterocycles. The minimum absolute atomic E-state index is 0.00572. The van der Waals surface area contributed by atoms with Gasteiger partial charge in [0.05, 0.1) is 18.3 Å². The summed E-state index contributed by atoms with van der Waals surface area (Å²) in [4.78, 5) is 14.9. The van der Waals surface area contributed by atoms with Gasteiger partial charge in [-0.25, -0.2) is 12.7 Å². The molecule has 7 heteroatoms. The Hall–Kier alpha value is -0.660. The average molecular weight is 332 g/mol. The number of esters is 1. The van der Waals surface area contributed by atoms with Gasteiger partial charge in [-0.3, -0.25) is 9.69 Å². The zero-order chi connectivity index (χ0) is 16.5. The molecule has 0 aliphatic carbocycles. The molecule has 2 aliphatic rings. The summed E-state index contributed by atoms with van der Waals surface area (Å²) < 4.78 is 30.8. The Morgan fingerprint density at radius 1 is 1.36 bits per heavy atom. The van der Waals surface area contributed by atoms with E-state index >= 15 is 0 Å². The Labute approximate surface area is 133 Å². The van der Waals surface area contributed by atoms with Crippen molar-refractivity contribution in [3.63, 3.8) is 0 Å². The number of fused-ring (bicyclic) bond motifs is 1. The maximum atomic E-state index is 12.7. The maximum Gasteiger partial charge on any atom is 0.313 e. The number of carbonyl (C=O) groups is 1. The van der Waals surface area contributed by atoms with Gasteiger partial charge >= 0.3 is 5.97 Å². The topological polar surface area (TPSA) is 66.9 Å². The normalized spacial score (nSPS) is 31.0. The van der Waals surface area contributed by atoms with Crippen LogP contribution in [0.5, 0.6) is 0 Å². The van der Waals surface area contributed by atoms with Crippen molar-refractivity contribution in [1.29, 1.82) is 0 Å². The molecule has 0 bridgehead atoms. The standard InChI is InChI=1S/C15H28N2O4S/c1-5-21-14(18)15-7-6-8-17(22(4,19)20)10-13(15)9-16(11-15)12(2)3/h12-13H,5-11H2,1-4H3/t13-,15+/m0/s1. The van der Waals surface area contributed by atoms with E-state index in [4.69, 9.17) is 4.74 Å². The first-order valence-electron chi connectivity index (χ1n) is 8.07. The molecule has 0 aromatic carbocycles. The molecular formula is C15H28N2O4S. The second kappa shape index (κ2) is 6.45. The molecule has 128 valence electrons. The van der Waals surface area contributed by atoms with E-state index in [-0.39, 0.29) is 11.9 Å². The van der Waals surface area contributed by atoms with E-state index in [9.17, 15) is 13.2 Å². The van der Waals surface area contributed by atoms with E-state index in [1.165, 1.54) is 10.6 Å². The highest BCUT2D eigenvalue weighted by molar-refractivity contribution is 7.88. The Morgan fingerprint density at radius 2 is 2.05 bits per heavy atom. The van der Waals surface area contributed by atoms with E-state index in [1.54, 1.807) is 0 Å². The molecular weight excluding hydrogens is 304 g/mol. The van der Waals surface area contributed by atoms with E-state index in [0.717, 1.165) is 6.54 Å². The van der Waals surface area contributed by atoms with Crippen LogP contribution < -0.4 is 0 Å². The zero-order valence-corrected chi connectivity index (χ0v) is 14.9. The molecule has 2 heterocycles. The quantitative estimate of drug-likeness (QED) is 0.717. The summed E-state index contributed by atoms with van der Waals surface area (Å²) in [5.41, 5.74) is -0.556. The molecule has 0 saturated carbocycles.